The standard InChI is InChI=1S/C21H18ClF3N10S/c1-10-6-17(31-18-8-15(26)34-35-18)32-19(28-10)29-12-3-5-16(27-9-12)33-20(36)30-11-2-4-14(22)13(7-11)21(23,24)25/h2-9H,1H3,(H2,27,30,33,36)(H5,26,28,29,31,32,34,35). The predicted molar refractivity (Wildman–Crippen MR) is 137 cm³/mol. The zero-order chi connectivity index (χ0) is 25.9. The molecular formula is C21H18ClF3N10S. The second kappa shape index (κ2) is 10.2. The molecule has 3 aromatic heterocycles. The van der Waals surface area contributed by atoms with Gasteiger partial charge in [-0.15, -0.1) is 0 Å². The minimum absolute atomic E-state index is 0.0517. The van der Waals surface area contributed by atoms with E-state index in [0.29, 0.717) is 40.6 Å². The number of anilines is 7. The van der Waals surface area contributed by atoms with Crippen molar-refractivity contribution in [1.29, 1.82) is 0 Å². The van der Waals surface area contributed by atoms with Crippen molar-refractivity contribution in [2.75, 3.05) is 27.0 Å². The minimum Gasteiger partial charge on any atom is -0.382 e. The quantitative estimate of drug-likeness (QED) is 0.177. The van der Waals surface area contributed by atoms with Crippen LogP contribution in [0.15, 0.2) is 48.7 Å². The third-order valence-corrected chi connectivity index (χ3v) is 5.04. The SMILES string of the molecule is Cc1cc(Nc2cc(N)n[nH]2)nc(Nc2ccc(NC(=S)Nc3ccc(Cl)c(C(F)(F)F)c3)nc2)n1. The predicted octanol–water partition coefficient (Wildman–Crippen LogP) is 5.45. The normalized spacial score (nSPS) is 11.1. The monoisotopic (exact) mass is 534 g/mol. The van der Waals surface area contributed by atoms with Gasteiger partial charge in [0.2, 0.25) is 5.95 Å². The summed E-state index contributed by atoms with van der Waals surface area (Å²) in [4.78, 5) is 13.0. The number of nitrogens with one attached hydrogen (secondary N) is 5. The first-order valence-corrected chi connectivity index (χ1v) is 11.0. The summed E-state index contributed by atoms with van der Waals surface area (Å²) in [5.74, 6) is 2.13. The number of aromatic nitrogens is 5. The van der Waals surface area contributed by atoms with Crippen molar-refractivity contribution in [2.24, 2.45) is 0 Å². The molecular weight excluding hydrogens is 517 g/mol. The van der Waals surface area contributed by atoms with Crippen LogP contribution >= 0.6 is 23.8 Å². The molecule has 3 heterocycles. The number of thiocarbonyl (C=S) groups is 1. The van der Waals surface area contributed by atoms with Crippen molar-refractivity contribution < 1.29 is 13.2 Å². The van der Waals surface area contributed by atoms with Gasteiger partial charge in [-0.25, -0.2) is 9.97 Å². The van der Waals surface area contributed by atoms with Crippen LogP contribution in [0, 0.1) is 6.92 Å². The molecule has 10 nitrogen and oxygen atoms in total. The number of halogens is 4. The Labute approximate surface area is 212 Å². The molecule has 0 aliphatic carbocycles. The molecule has 4 rings (SSSR count). The molecule has 36 heavy (non-hydrogen) atoms. The number of nitrogens with zero attached hydrogens (tertiary/aromatic N) is 4. The summed E-state index contributed by atoms with van der Waals surface area (Å²) in [6.07, 6.45) is -3.07. The van der Waals surface area contributed by atoms with Gasteiger partial charge in [0.15, 0.2) is 5.11 Å². The molecule has 1 aromatic carbocycles. The van der Waals surface area contributed by atoms with Crippen molar-refractivity contribution in [3.63, 3.8) is 0 Å². The van der Waals surface area contributed by atoms with E-state index in [9.17, 15) is 13.2 Å². The number of aromatic amines is 1. The van der Waals surface area contributed by atoms with Crippen LogP contribution in [0.25, 0.3) is 0 Å². The molecule has 15 heteroatoms. The topological polar surface area (TPSA) is 141 Å². The van der Waals surface area contributed by atoms with E-state index in [-0.39, 0.29) is 10.8 Å². The molecule has 0 aliphatic heterocycles. The number of nitrogen functional groups attached to an aromatic ring is 1. The molecule has 0 aliphatic rings. The van der Waals surface area contributed by atoms with Gasteiger partial charge in [0.1, 0.15) is 23.3 Å². The number of benzene rings is 1. The fraction of sp³-hybridized carbons (Fsp3) is 0.0952. The highest BCUT2D eigenvalue weighted by atomic mass is 35.5. The summed E-state index contributed by atoms with van der Waals surface area (Å²) < 4.78 is 39.2. The van der Waals surface area contributed by atoms with Crippen LogP contribution in [-0.2, 0) is 6.18 Å². The summed E-state index contributed by atoms with van der Waals surface area (Å²) >= 11 is 10.8. The van der Waals surface area contributed by atoms with Crippen molar-refractivity contribution in [3.05, 3.63) is 64.9 Å². The highest BCUT2D eigenvalue weighted by molar-refractivity contribution is 7.80. The Kier molecular flexibility index (Phi) is 7.07. The summed E-state index contributed by atoms with van der Waals surface area (Å²) in [7, 11) is 0. The average molecular weight is 535 g/mol. The summed E-state index contributed by atoms with van der Waals surface area (Å²) in [5, 5.41) is 17.8. The average Bonchev–Trinajstić information content (AvgIpc) is 3.19. The Balaban J connectivity index is 1.38. The van der Waals surface area contributed by atoms with E-state index in [1.807, 2.05) is 6.92 Å². The first-order chi connectivity index (χ1) is 17.0. The van der Waals surface area contributed by atoms with E-state index in [1.165, 1.54) is 12.3 Å². The van der Waals surface area contributed by atoms with Crippen molar-refractivity contribution in [3.8, 4) is 0 Å². The minimum atomic E-state index is -4.58. The number of aryl methyl sites for hydroxylation is 1. The van der Waals surface area contributed by atoms with Crippen LogP contribution in [0.1, 0.15) is 11.3 Å². The molecule has 7 N–H and O–H groups in total. The third-order valence-electron chi connectivity index (χ3n) is 4.51. The highest BCUT2D eigenvalue weighted by Gasteiger charge is 2.33. The van der Waals surface area contributed by atoms with Gasteiger partial charge < -0.3 is 27.0 Å². The van der Waals surface area contributed by atoms with Crippen LogP contribution in [0.2, 0.25) is 5.02 Å². The Hall–Kier alpha value is -4.17. The van der Waals surface area contributed by atoms with Crippen LogP contribution in [0.4, 0.5) is 53.8 Å². The lowest BCUT2D eigenvalue weighted by Crippen LogP contribution is -2.20. The van der Waals surface area contributed by atoms with E-state index >= 15 is 0 Å². The van der Waals surface area contributed by atoms with Crippen LogP contribution in [0.5, 0.6) is 0 Å². The highest BCUT2D eigenvalue weighted by Crippen LogP contribution is 2.36. The molecule has 4 aromatic rings. The lowest BCUT2D eigenvalue weighted by atomic mass is 10.2. The van der Waals surface area contributed by atoms with Gasteiger partial charge in [0, 0.05) is 23.5 Å². The van der Waals surface area contributed by atoms with Crippen molar-refractivity contribution >= 4 is 69.5 Å². The molecule has 0 bridgehead atoms. The number of hydrogen-bond donors (Lipinski definition) is 6. The number of hydrogen-bond acceptors (Lipinski definition) is 8. The zero-order valence-electron chi connectivity index (χ0n) is 18.4. The smallest absolute Gasteiger partial charge is 0.382 e. The number of rotatable bonds is 6. The number of nitrogens with two attached hydrogens (primary N) is 1. The van der Waals surface area contributed by atoms with Crippen molar-refractivity contribution in [2.45, 2.75) is 13.1 Å². The molecule has 0 saturated heterocycles. The lowest BCUT2D eigenvalue weighted by molar-refractivity contribution is -0.137. The Morgan fingerprint density at radius 2 is 1.78 bits per heavy atom. The van der Waals surface area contributed by atoms with Crippen LogP contribution in [0.3, 0.4) is 0 Å². The van der Waals surface area contributed by atoms with Gasteiger partial charge in [0.05, 0.1) is 22.5 Å². The van der Waals surface area contributed by atoms with E-state index in [4.69, 9.17) is 29.6 Å². The zero-order valence-corrected chi connectivity index (χ0v) is 20.0. The second-order valence-corrected chi connectivity index (χ2v) is 8.19. The maximum atomic E-state index is 13.1. The van der Waals surface area contributed by atoms with E-state index in [2.05, 4.69) is 46.4 Å². The molecule has 0 fully saturated rings. The summed E-state index contributed by atoms with van der Waals surface area (Å²) in [5.41, 5.74) is 6.07. The Morgan fingerprint density at radius 3 is 2.44 bits per heavy atom. The van der Waals surface area contributed by atoms with Gasteiger partial charge in [0.25, 0.3) is 0 Å². The van der Waals surface area contributed by atoms with E-state index in [0.717, 1.165) is 12.1 Å². The largest absolute Gasteiger partial charge is 0.417 e. The van der Waals surface area contributed by atoms with Gasteiger partial charge in [-0.3, -0.25) is 5.10 Å². The molecule has 0 radical (unpaired) electrons. The molecule has 0 atom stereocenters. The molecule has 0 saturated carbocycles. The number of alkyl halides is 3. The maximum absolute atomic E-state index is 13.1. The molecule has 0 unspecified atom stereocenters. The number of pyridine rings is 1. The molecule has 0 spiro atoms. The second-order valence-electron chi connectivity index (χ2n) is 7.38. The Bertz CT molecular complexity index is 1390. The van der Waals surface area contributed by atoms with Crippen LogP contribution < -0.4 is 27.0 Å². The van der Waals surface area contributed by atoms with Gasteiger partial charge in [-0.05, 0) is 49.5 Å². The lowest BCUT2D eigenvalue weighted by Gasteiger charge is -2.14. The number of H-pyrrole nitrogens is 1. The van der Waals surface area contributed by atoms with E-state index in [1.54, 1.807) is 24.3 Å². The molecule has 186 valence electrons. The van der Waals surface area contributed by atoms with Gasteiger partial charge in [-0.1, -0.05) is 11.6 Å². The first kappa shape index (κ1) is 24.9. The maximum Gasteiger partial charge on any atom is 0.417 e. The fourth-order valence-electron chi connectivity index (χ4n) is 3.00. The Morgan fingerprint density at radius 1 is 1.00 bits per heavy atom. The van der Waals surface area contributed by atoms with Gasteiger partial charge in [-0.2, -0.15) is 23.3 Å². The first-order valence-electron chi connectivity index (χ1n) is 10.2. The third kappa shape index (κ3) is 6.49. The van der Waals surface area contributed by atoms with Crippen LogP contribution in [-0.4, -0.2) is 30.3 Å². The van der Waals surface area contributed by atoms with E-state index < -0.39 is 16.8 Å². The van der Waals surface area contributed by atoms with Gasteiger partial charge >= 0.3 is 6.18 Å². The fourth-order valence-corrected chi connectivity index (χ4v) is 3.44. The summed E-state index contributed by atoms with van der Waals surface area (Å²) in [6, 6.07) is 10.1. The van der Waals surface area contributed by atoms with Crippen molar-refractivity contribution in [1.82, 2.24) is 25.1 Å². The molecule has 0 amide bonds. The summed E-state index contributed by atoms with van der Waals surface area (Å²) in [6.45, 7) is 1.82.